The normalized spacial score (nSPS) is 15.8. The molecule has 31 heavy (non-hydrogen) atoms. The van der Waals surface area contributed by atoms with Crippen LogP contribution in [0.15, 0.2) is 41.8 Å². The van der Waals surface area contributed by atoms with Gasteiger partial charge >= 0.3 is 0 Å². The second-order valence-electron chi connectivity index (χ2n) is 8.95. The summed E-state index contributed by atoms with van der Waals surface area (Å²) in [5.74, 6) is 0.702. The molecule has 1 aliphatic rings. The van der Waals surface area contributed by atoms with E-state index in [0.717, 1.165) is 37.5 Å². The lowest BCUT2D eigenvalue weighted by atomic mass is 9.89. The monoisotopic (exact) mass is 436 g/mol. The van der Waals surface area contributed by atoms with E-state index in [0.29, 0.717) is 11.6 Å². The number of fused-ring (bicyclic) bond motifs is 1. The Morgan fingerprint density at radius 2 is 1.97 bits per heavy atom. The molecule has 0 aliphatic heterocycles. The van der Waals surface area contributed by atoms with Gasteiger partial charge in [0.1, 0.15) is 5.69 Å². The predicted octanol–water partition coefficient (Wildman–Crippen LogP) is 4.75. The highest BCUT2D eigenvalue weighted by Gasteiger charge is 2.25. The number of nitrogens with zero attached hydrogens (tertiary/aromatic N) is 4. The third kappa shape index (κ3) is 4.75. The summed E-state index contributed by atoms with van der Waals surface area (Å²) in [5.41, 5.74) is 5.67. The van der Waals surface area contributed by atoms with Crippen molar-refractivity contribution in [2.45, 2.75) is 32.6 Å². The van der Waals surface area contributed by atoms with Crippen LogP contribution in [-0.4, -0.2) is 59.5 Å². The van der Waals surface area contributed by atoms with Crippen LogP contribution in [0.2, 0.25) is 0 Å². The second kappa shape index (κ2) is 9.37. The number of rotatable bonds is 7. The predicted molar refractivity (Wildman–Crippen MR) is 128 cm³/mol. The van der Waals surface area contributed by atoms with Gasteiger partial charge in [0.05, 0.1) is 5.69 Å². The number of amides is 1. The molecule has 0 spiro atoms. The summed E-state index contributed by atoms with van der Waals surface area (Å²) in [6, 6.07) is 12.8. The Morgan fingerprint density at radius 1 is 1.19 bits per heavy atom. The van der Waals surface area contributed by atoms with Crippen molar-refractivity contribution >= 4 is 17.2 Å². The molecule has 0 saturated carbocycles. The van der Waals surface area contributed by atoms with Gasteiger partial charge in [-0.1, -0.05) is 37.3 Å². The third-order valence-electron chi connectivity index (χ3n) is 6.05. The highest BCUT2D eigenvalue weighted by Crippen LogP contribution is 2.36. The quantitative estimate of drug-likeness (QED) is 0.537. The van der Waals surface area contributed by atoms with Gasteiger partial charge in [0.25, 0.3) is 5.91 Å². The zero-order valence-electron chi connectivity index (χ0n) is 19.0. The largest absolute Gasteiger partial charge is 0.340 e. The van der Waals surface area contributed by atoms with Crippen molar-refractivity contribution in [1.82, 2.24) is 19.4 Å². The smallest absolute Gasteiger partial charge is 0.273 e. The van der Waals surface area contributed by atoms with Crippen molar-refractivity contribution < 1.29 is 4.79 Å². The first-order valence-electron chi connectivity index (χ1n) is 11.1. The van der Waals surface area contributed by atoms with Gasteiger partial charge in [-0.15, -0.1) is 11.3 Å². The molecule has 0 fully saturated rings. The Labute approximate surface area is 189 Å². The Balaban J connectivity index is 1.64. The van der Waals surface area contributed by atoms with Crippen molar-refractivity contribution in [3.05, 3.63) is 58.7 Å². The van der Waals surface area contributed by atoms with E-state index in [1.807, 2.05) is 18.5 Å². The van der Waals surface area contributed by atoms with E-state index in [2.05, 4.69) is 60.8 Å². The number of carbonyl (C=O) groups excluding carboxylic acids is 1. The number of thiazole rings is 1. The number of carbonyl (C=O) groups is 1. The van der Waals surface area contributed by atoms with Crippen LogP contribution < -0.4 is 0 Å². The Hall–Kier alpha value is -2.44. The van der Waals surface area contributed by atoms with Crippen LogP contribution in [0.3, 0.4) is 0 Å². The van der Waals surface area contributed by atoms with Crippen LogP contribution in [-0.2, 0) is 12.8 Å². The summed E-state index contributed by atoms with van der Waals surface area (Å²) in [5, 5.41) is 2.80. The van der Waals surface area contributed by atoms with Gasteiger partial charge in [0.15, 0.2) is 5.13 Å². The van der Waals surface area contributed by atoms with Crippen molar-refractivity contribution in [2.24, 2.45) is 5.92 Å². The summed E-state index contributed by atoms with van der Waals surface area (Å²) >= 11 is 1.56. The second-order valence-corrected chi connectivity index (χ2v) is 9.79. The van der Waals surface area contributed by atoms with Gasteiger partial charge in [-0.2, -0.15) is 0 Å². The molecule has 3 aromatic rings. The molecule has 1 amide bonds. The topological polar surface area (TPSA) is 41.4 Å². The summed E-state index contributed by atoms with van der Waals surface area (Å²) < 4.78 is 2.30. The lowest BCUT2D eigenvalue weighted by molar-refractivity contribution is 0.0785. The summed E-state index contributed by atoms with van der Waals surface area (Å²) in [4.78, 5) is 21.7. The molecular weight excluding hydrogens is 404 g/mol. The molecule has 4 rings (SSSR count). The molecule has 2 aromatic heterocycles. The minimum Gasteiger partial charge on any atom is -0.340 e. The first-order valence-corrected chi connectivity index (χ1v) is 12.0. The number of hydrogen-bond donors (Lipinski definition) is 0. The summed E-state index contributed by atoms with van der Waals surface area (Å²) in [6.45, 7) is 4.03. The van der Waals surface area contributed by atoms with Crippen molar-refractivity contribution in [3.8, 4) is 16.4 Å². The van der Waals surface area contributed by atoms with Crippen LogP contribution in [0.1, 0.15) is 41.5 Å². The van der Waals surface area contributed by atoms with Gasteiger partial charge in [-0.3, -0.25) is 9.36 Å². The standard InChI is InChI=1S/C25H32N4OS/c1-18-11-12-22-20(15-18)16-23(19-9-6-5-7-10-19)29(22)25-26-21(17-31-25)24(30)28(4)14-8-13-27(2)3/h5-7,9-10,16-18H,8,11-15H2,1-4H3. The summed E-state index contributed by atoms with van der Waals surface area (Å²) in [7, 11) is 5.97. The van der Waals surface area contributed by atoms with E-state index < -0.39 is 0 Å². The fraction of sp³-hybridized carbons (Fsp3) is 0.440. The van der Waals surface area contributed by atoms with Gasteiger partial charge in [-0.05, 0) is 69.4 Å². The van der Waals surface area contributed by atoms with Crippen LogP contribution >= 0.6 is 11.3 Å². The van der Waals surface area contributed by atoms with Crippen LogP contribution in [0.4, 0.5) is 0 Å². The van der Waals surface area contributed by atoms with E-state index in [-0.39, 0.29) is 5.91 Å². The first-order chi connectivity index (χ1) is 14.9. The van der Waals surface area contributed by atoms with Crippen LogP contribution in [0.25, 0.3) is 16.4 Å². The van der Waals surface area contributed by atoms with E-state index in [4.69, 9.17) is 4.98 Å². The van der Waals surface area contributed by atoms with Gasteiger partial charge < -0.3 is 9.80 Å². The van der Waals surface area contributed by atoms with Crippen LogP contribution in [0, 0.1) is 5.92 Å². The van der Waals surface area contributed by atoms with Gasteiger partial charge in [-0.25, -0.2) is 4.98 Å². The van der Waals surface area contributed by atoms with E-state index in [1.54, 1.807) is 16.2 Å². The molecule has 1 unspecified atom stereocenters. The Bertz CT molecular complexity index is 1040. The maximum Gasteiger partial charge on any atom is 0.273 e. The molecule has 6 heteroatoms. The van der Waals surface area contributed by atoms with Gasteiger partial charge in [0, 0.05) is 24.7 Å². The Morgan fingerprint density at radius 3 is 2.71 bits per heavy atom. The highest BCUT2D eigenvalue weighted by molar-refractivity contribution is 7.12. The molecule has 1 aromatic carbocycles. The average Bonchev–Trinajstić information content (AvgIpc) is 3.37. The fourth-order valence-corrected chi connectivity index (χ4v) is 5.17. The maximum atomic E-state index is 12.9. The summed E-state index contributed by atoms with van der Waals surface area (Å²) in [6.07, 6.45) is 4.30. The zero-order chi connectivity index (χ0) is 22.0. The molecule has 0 N–H and O–H groups in total. The van der Waals surface area contributed by atoms with Crippen molar-refractivity contribution in [1.29, 1.82) is 0 Å². The molecule has 0 radical (unpaired) electrons. The van der Waals surface area contributed by atoms with Crippen molar-refractivity contribution in [2.75, 3.05) is 34.2 Å². The number of hydrogen-bond acceptors (Lipinski definition) is 4. The third-order valence-corrected chi connectivity index (χ3v) is 6.88. The minimum absolute atomic E-state index is 0.00263. The molecule has 0 saturated heterocycles. The van der Waals surface area contributed by atoms with E-state index in [1.165, 1.54) is 28.9 Å². The van der Waals surface area contributed by atoms with Gasteiger partial charge in [0.2, 0.25) is 0 Å². The highest BCUT2D eigenvalue weighted by atomic mass is 32.1. The molecule has 0 bridgehead atoms. The fourth-order valence-electron chi connectivity index (χ4n) is 4.34. The van der Waals surface area contributed by atoms with E-state index >= 15 is 0 Å². The van der Waals surface area contributed by atoms with E-state index in [9.17, 15) is 4.79 Å². The number of benzene rings is 1. The number of aromatic nitrogens is 2. The lowest BCUT2D eigenvalue weighted by Gasteiger charge is -2.20. The van der Waals surface area contributed by atoms with Crippen molar-refractivity contribution in [3.63, 3.8) is 0 Å². The minimum atomic E-state index is -0.00263. The lowest BCUT2D eigenvalue weighted by Crippen LogP contribution is -2.30. The molecule has 1 atom stereocenters. The molecule has 1 aliphatic carbocycles. The molecular formula is C25H32N4OS. The first kappa shape index (κ1) is 21.8. The molecule has 164 valence electrons. The molecule has 2 heterocycles. The van der Waals surface area contributed by atoms with Crippen LogP contribution in [0.5, 0.6) is 0 Å². The Kier molecular flexibility index (Phi) is 6.58. The SMILES string of the molecule is CC1CCc2c(cc(-c3ccccc3)n2-c2nc(C(=O)N(C)CCCN(C)C)cs2)C1. The average molecular weight is 437 g/mol. The zero-order valence-corrected chi connectivity index (χ0v) is 19.8. The molecule has 5 nitrogen and oxygen atoms in total. The maximum absolute atomic E-state index is 12.9.